The molecule has 0 aliphatic heterocycles. The van der Waals surface area contributed by atoms with Gasteiger partial charge in [0.1, 0.15) is 6.61 Å². The van der Waals surface area contributed by atoms with Gasteiger partial charge in [-0.05, 0) is 51.4 Å². The fourth-order valence-corrected chi connectivity index (χ4v) is 4.93. The molecule has 0 aliphatic rings. The normalized spacial score (nSPS) is 12.5. The molecule has 0 amide bonds. The molecule has 0 saturated heterocycles. The number of hydrogen-bond acceptors (Lipinski definition) is 5. The highest BCUT2D eigenvalue weighted by Crippen LogP contribution is 2.12. The number of unbranched alkanes of at least 4 members (excludes halogenated alkanes) is 16. The number of carbonyl (C=O) groups is 2. The minimum Gasteiger partial charge on any atom is -0.462 e. The highest BCUT2D eigenvalue weighted by molar-refractivity contribution is 5.70. The van der Waals surface area contributed by atoms with Crippen molar-refractivity contribution in [1.82, 2.24) is 0 Å². The topological polar surface area (TPSA) is 61.8 Å². The van der Waals surface area contributed by atoms with E-state index in [1.165, 1.54) is 70.6 Å². The quantitative estimate of drug-likeness (QED) is 0.0416. The molecule has 0 aromatic carbocycles. The summed E-state index contributed by atoms with van der Waals surface area (Å²) in [5.41, 5.74) is 0. The van der Waals surface area contributed by atoms with Crippen LogP contribution in [-0.2, 0) is 23.8 Å². The standard InChI is InChI=1S/C39H70O5/c1-4-7-10-13-16-18-19-20-21-23-24-26-29-32-38(40)43-36-37(35-42-34-31-28-15-12-9-6-3)44-39(41)33-30-27-25-22-17-14-11-8-5-2/h7,10,16,18,20-21,37H,4-6,8-9,11-15,17,19,22-36H2,1-3H3/b10-7-,18-16-,21-20-. The number of carbonyl (C=O) groups excluding carboxylic acids is 2. The molecule has 5 nitrogen and oxygen atoms in total. The van der Waals surface area contributed by atoms with Crippen LogP contribution < -0.4 is 0 Å². The van der Waals surface area contributed by atoms with Gasteiger partial charge >= 0.3 is 11.9 Å². The Balaban J connectivity index is 4.22. The summed E-state index contributed by atoms with van der Waals surface area (Å²) in [5, 5.41) is 0. The van der Waals surface area contributed by atoms with Gasteiger partial charge in [0.05, 0.1) is 6.61 Å². The molecule has 0 rings (SSSR count). The van der Waals surface area contributed by atoms with Crippen LogP contribution in [0.1, 0.15) is 175 Å². The molecular weight excluding hydrogens is 548 g/mol. The maximum atomic E-state index is 12.5. The lowest BCUT2D eigenvalue weighted by atomic mass is 10.1. The van der Waals surface area contributed by atoms with E-state index in [2.05, 4.69) is 57.2 Å². The highest BCUT2D eigenvalue weighted by atomic mass is 16.6. The first-order chi connectivity index (χ1) is 21.6. The second-order valence-corrected chi connectivity index (χ2v) is 12.1. The molecule has 1 unspecified atom stereocenters. The van der Waals surface area contributed by atoms with Crippen molar-refractivity contribution in [3.05, 3.63) is 36.5 Å². The zero-order chi connectivity index (χ0) is 32.2. The van der Waals surface area contributed by atoms with Crippen molar-refractivity contribution in [2.75, 3.05) is 19.8 Å². The van der Waals surface area contributed by atoms with Crippen LogP contribution in [0.4, 0.5) is 0 Å². The fourth-order valence-electron chi connectivity index (χ4n) is 4.93. The van der Waals surface area contributed by atoms with E-state index in [1.54, 1.807) is 0 Å². The van der Waals surface area contributed by atoms with Crippen LogP contribution in [0.3, 0.4) is 0 Å². The van der Waals surface area contributed by atoms with Crippen molar-refractivity contribution in [3.63, 3.8) is 0 Å². The van der Waals surface area contributed by atoms with Gasteiger partial charge in [-0.25, -0.2) is 0 Å². The summed E-state index contributed by atoms with van der Waals surface area (Å²) in [7, 11) is 0. The molecule has 256 valence electrons. The smallest absolute Gasteiger partial charge is 0.306 e. The summed E-state index contributed by atoms with van der Waals surface area (Å²) in [6, 6.07) is 0. The van der Waals surface area contributed by atoms with Crippen LogP contribution >= 0.6 is 0 Å². The third kappa shape index (κ3) is 33.0. The largest absolute Gasteiger partial charge is 0.462 e. The Morgan fingerprint density at radius 1 is 0.523 bits per heavy atom. The maximum Gasteiger partial charge on any atom is 0.306 e. The Hall–Kier alpha value is -1.88. The van der Waals surface area contributed by atoms with E-state index in [0.29, 0.717) is 19.4 Å². The van der Waals surface area contributed by atoms with E-state index in [4.69, 9.17) is 14.2 Å². The Morgan fingerprint density at radius 3 is 1.64 bits per heavy atom. The third-order valence-corrected chi connectivity index (χ3v) is 7.69. The monoisotopic (exact) mass is 619 g/mol. The Labute approximate surface area is 272 Å². The number of ether oxygens (including phenoxy) is 3. The van der Waals surface area contributed by atoms with E-state index in [9.17, 15) is 9.59 Å². The van der Waals surface area contributed by atoms with Gasteiger partial charge in [-0.15, -0.1) is 0 Å². The van der Waals surface area contributed by atoms with Gasteiger partial charge < -0.3 is 14.2 Å². The second kappa shape index (κ2) is 35.6. The van der Waals surface area contributed by atoms with Crippen molar-refractivity contribution >= 4 is 11.9 Å². The molecule has 0 fully saturated rings. The van der Waals surface area contributed by atoms with Gasteiger partial charge in [-0.1, -0.05) is 147 Å². The first kappa shape index (κ1) is 42.1. The Kier molecular flexibility index (Phi) is 34.1. The number of hydrogen-bond donors (Lipinski definition) is 0. The molecule has 0 N–H and O–H groups in total. The summed E-state index contributed by atoms with van der Waals surface area (Å²) in [4.78, 5) is 24.9. The molecule has 0 spiro atoms. The zero-order valence-corrected chi connectivity index (χ0v) is 29.2. The molecule has 5 heteroatoms. The number of allylic oxidation sites excluding steroid dienone is 6. The van der Waals surface area contributed by atoms with Crippen LogP contribution in [-0.4, -0.2) is 37.9 Å². The molecule has 0 heterocycles. The van der Waals surface area contributed by atoms with Crippen LogP contribution in [0.2, 0.25) is 0 Å². The summed E-state index contributed by atoms with van der Waals surface area (Å²) in [6.45, 7) is 7.61. The SMILES string of the molecule is CC/C=C\C/C=C\C/C=C\CCCCCC(=O)OCC(COCCCCCCCC)OC(=O)CCCCCCCCCCC. The lowest BCUT2D eigenvalue weighted by molar-refractivity contribution is -0.163. The van der Waals surface area contributed by atoms with E-state index >= 15 is 0 Å². The van der Waals surface area contributed by atoms with Crippen LogP contribution in [0.25, 0.3) is 0 Å². The second-order valence-electron chi connectivity index (χ2n) is 12.1. The molecule has 0 aromatic rings. The van der Waals surface area contributed by atoms with Crippen LogP contribution in [0, 0.1) is 0 Å². The summed E-state index contributed by atoms with van der Waals surface area (Å²) in [5.74, 6) is -0.437. The van der Waals surface area contributed by atoms with Gasteiger partial charge in [-0.2, -0.15) is 0 Å². The lowest BCUT2D eigenvalue weighted by Crippen LogP contribution is -2.30. The minimum atomic E-state index is -0.535. The van der Waals surface area contributed by atoms with Crippen molar-refractivity contribution in [3.8, 4) is 0 Å². The van der Waals surface area contributed by atoms with Crippen molar-refractivity contribution in [1.29, 1.82) is 0 Å². The molecule has 0 bridgehead atoms. The molecule has 1 atom stereocenters. The molecule has 0 saturated carbocycles. The Morgan fingerprint density at radius 2 is 1.02 bits per heavy atom. The molecule has 0 aromatic heterocycles. The minimum absolute atomic E-state index is 0.0727. The Bertz CT molecular complexity index is 711. The summed E-state index contributed by atoms with van der Waals surface area (Å²) < 4.78 is 17.0. The van der Waals surface area contributed by atoms with Gasteiger partial charge in [0.15, 0.2) is 6.10 Å². The molecule has 0 radical (unpaired) electrons. The van der Waals surface area contributed by atoms with Gasteiger partial charge in [-0.3, -0.25) is 9.59 Å². The van der Waals surface area contributed by atoms with E-state index < -0.39 is 6.10 Å². The summed E-state index contributed by atoms with van der Waals surface area (Å²) >= 11 is 0. The predicted octanol–water partition coefficient (Wildman–Crippen LogP) is 11.5. The lowest BCUT2D eigenvalue weighted by Gasteiger charge is -2.18. The third-order valence-electron chi connectivity index (χ3n) is 7.69. The average Bonchev–Trinajstić information content (AvgIpc) is 3.02. The van der Waals surface area contributed by atoms with Gasteiger partial charge in [0.25, 0.3) is 0 Å². The molecule has 0 aliphatic carbocycles. The maximum absolute atomic E-state index is 12.5. The van der Waals surface area contributed by atoms with Crippen molar-refractivity contribution in [2.24, 2.45) is 0 Å². The van der Waals surface area contributed by atoms with Crippen molar-refractivity contribution < 1.29 is 23.8 Å². The van der Waals surface area contributed by atoms with Crippen LogP contribution in [0.15, 0.2) is 36.5 Å². The van der Waals surface area contributed by atoms with E-state index in [0.717, 1.165) is 70.6 Å². The molecule has 44 heavy (non-hydrogen) atoms. The van der Waals surface area contributed by atoms with Gasteiger partial charge in [0.2, 0.25) is 0 Å². The number of rotatable bonds is 33. The van der Waals surface area contributed by atoms with E-state index in [1.807, 2.05) is 0 Å². The number of esters is 2. The predicted molar refractivity (Wildman–Crippen MR) is 187 cm³/mol. The fraction of sp³-hybridized carbons (Fsp3) is 0.795. The first-order valence-electron chi connectivity index (χ1n) is 18.5. The van der Waals surface area contributed by atoms with Crippen LogP contribution in [0.5, 0.6) is 0 Å². The van der Waals surface area contributed by atoms with E-state index in [-0.39, 0.29) is 25.2 Å². The summed E-state index contributed by atoms with van der Waals surface area (Å²) in [6.07, 6.45) is 38.6. The average molecular weight is 619 g/mol. The highest BCUT2D eigenvalue weighted by Gasteiger charge is 2.17. The van der Waals surface area contributed by atoms with Crippen molar-refractivity contribution in [2.45, 2.75) is 181 Å². The van der Waals surface area contributed by atoms with Gasteiger partial charge in [0, 0.05) is 19.4 Å². The molecular formula is C39H70O5. The zero-order valence-electron chi connectivity index (χ0n) is 29.2. The first-order valence-corrected chi connectivity index (χ1v) is 18.5.